The van der Waals surface area contributed by atoms with Gasteiger partial charge in [0.1, 0.15) is 0 Å². The van der Waals surface area contributed by atoms with E-state index in [-0.39, 0.29) is 12.6 Å². The standard InChI is InChI=1S/C14H12BrNO5/c15-7-1-3-9-10(5-7)16(13(18)12(9)17)6-8-2-4-11(21-8)14(19)20/h1,3,5,8,11H,2,4,6H2,(H,19,20). The molecule has 2 atom stereocenters. The Labute approximate surface area is 128 Å². The molecule has 0 saturated carbocycles. The molecule has 0 aromatic heterocycles. The Morgan fingerprint density at radius 1 is 1.38 bits per heavy atom. The lowest BCUT2D eigenvalue weighted by atomic mass is 10.1. The molecule has 0 radical (unpaired) electrons. The number of fused-ring (bicyclic) bond motifs is 1. The van der Waals surface area contributed by atoms with Gasteiger partial charge in [-0.05, 0) is 31.0 Å². The fraction of sp³-hybridized carbons (Fsp3) is 0.357. The van der Waals surface area contributed by atoms with Crippen LogP contribution in [0.3, 0.4) is 0 Å². The van der Waals surface area contributed by atoms with Gasteiger partial charge in [0.05, 0.1) is 23.9 Å². The summed E-state index contributed by atoms with van der Waals surface area (Å²) >= 11 is 3.32. The van der Waals surface area contributed by atoms with Crippen molar-refractivity contribution in [3.05, 3.63) is 28.2 Å². The van der Waals surface area contributed by atoms with Gasteiger partial charge in [0.25, 0.3) is 11.7 Å². The summed E-state index contributed by atoms with van der Waals surface area (Å²) in [7, 11) is 0. The van der Waals surface area contributed by atoms with Crippen LogP contribution in [0, 0.1) is 0 Å². The molecular weight excluding hydrogens is 342 g/mol. The van der Waals surface area contributed by atoms with E-state index in [9.17, 15) is 14.4 Å². The molecule has 1 fully saturated rings. The Morgan fingerprint density at radius 2 is 2.14 bits per heavy atom. The van der Waals surface area contributed by atoms with Crippen LogP contribution in [0.1, 0.15) is 23.2 Å². The molecular formula is C14H12BrNO5. The van der Waals surface area contributed by atoms with Gasteiger partial charge in [0.2, 0.25) is 0 Å². The summed E-state index contributed by atoms with van der Waals surface area (Å²) in [6.07, 6.45) is -0.224. The zero-order valence-corrected chi connectivity index (χ0v) is 12.5. The molecule has 1 saturated heterocycles. The van der Waals surface area contributed by atoms with Gasteiger partial charge in [-0.1, -0.05) is 15.9 Å². The molecule has 6 nitrogen and oxygen atoms in total. The molecule has 2 aliphatic heterocycles. The van der Waals surface area contributed by atoms with Crippen molar-refractivity contribution in [3.8, 4) is 0 Å². The lowest BCUT2D eigenvalue weighted by Gasteiger charge is -2.21. The molecule has 0 spiro atoms. The number of Topliss-reactive ketones (excluding diaryl/α,β-unsaturated/α-hetero) is 1. The van der Waals surface area contributed by atoms with Crippen LogP contribution < -0.4 is 4.90 Å². The average molecular weight is 354 g/mol. The van der Waals surface area contributed by atoms with Gasteiger partial charge in [0.15, 0.2) is 6.10 Å². The SMILES string of the molecule is O=C1C(=O)N(CC2CCC(C(=O)O)O2)c2cc(Br)ccc21. The predicted molar refractivity (Wildman–Crippen MR) is 76.4 cm³/mol. The first-order valence-electron chi connectivity index (χ1n) is 6.51. The summed E-state index contributed by atoms with van der Waals surface area (Å²) in [6.45, 7) is 0.192. The van der Waals surface area contributed by atoms with Crippen molar-refractivity contribution in [2.75, 3.05) is 11.4 Å². The Bertz CT molecular complexity index is 644. The Morgan fingerprint density at radius 3 is 2.81 bits per heavy atom. The first kappa shape index (κ1) is 14.2. The number of carboxylic acid groups (broad SMARTS) is 1. The number of carboxylic acids is 1. The second-order valence-corrected chi connectivity index (χ2v) is 5.98. The van der Waals surface area contributed by atoms with Gasteiger partial charge in [-0.25, -0.2) is 4.79 Å². The predicted octanol–water partition coefficient (Wildman–Crippen LogP) is 1.61. The maximum absolute atomic E-state index is 12.1. The van der Waals surface area contributed by atoms with Crippen LogP contribution in [0.15, 0.2) is 22.7 Å². The van der Waals surface area contributed by atoms with Crippen LogP contribution >= 0.6 is 15.9 Å². The van der Waals surface area contributed by atoms with Crippen LogP contribution in [0.25, 0.3) is 0 Å². The lowest BCUT2D eigenvalue weighted by Crippen LogP contribution is -2.37. The Balaban J connectivity index is 1.81. The minimum atomic E-state index is -0.996. The summed E-state index contributed by atoms with van der Waals surface area (Å²) in [4.78, 5) is 36.2. The number of halogens is 1. The van der Waals surface area contributed by atoms with Crippen LogP contribution in [0.2, 0.25) is 0 Å². The zero-order chi connectivity index (χ0) is 15.1. The van der Waals surface area contributed by atoms with Crippen LogP contribution in [0.4, 0.5) is 5.69 Å². The van der Waals surface area contributed by atoms with Gasteiger partial charge >= 0.3 is 5.97 Å². The van der Waals surface area contributed by atoms with Crippen molar-refractivity contribution in [1.29, 1.82) is 0 Å². The van der Waals surface area contributed by atoms with Crippen LogP contribution in [-0.2, 0) is 14.3 Å². The molecule has 1 amide bonds. The molecule has 0 bridgehead atoms. The number of anilines is 1. The molecule has 2 aliphatic rings. The fourth-order valence-electron chi connectivity index (χ4n) is 2.67. The van der Waals surface area contributed by atoms with Gasteiger partial charge in [-0.15, -0.1) is 0 Å². The smallest absolute Gasteiger partial charge is 0.332 e. The molecule has 110 valence electrons. The summed E-state index contributed by atoms with van der Waals surface area (Å²) in [5.41, 5.74) is 0.915. The van der Waals surface area contributed by atoms with Gasteiger partial charge in [0, 0.05) is 4.47 Å². The number of hydrogen-bond donors (Lipinski definition) is 1. The largest absolute Gasteiger partial charge is 0.479 e. The minimum absolute atomic E-state index is 0.192. The van der Waals surface area contributed by atoms with E-state index in [2.05, 4.69) is 15.9 Å². The molecule has 0 aliphatic carbocycles. The molecule has 3 rings (SSSR count). The van der Waals surface area contributed by atoms with Crippen molar-refractivity contribution in [2.24, 2.45) is 0 Å². The summed E-state index contributed by atoms with van der Waals surface area (Å²) in [5.74, 6) is -2.12. The number of amides is 1. The number of rotatable bonds is 3. The second kappa shape index (κ2) is 5.23. The first-order chi connectivity index (χ1) is 9.97. The van der Waals surface area contributed by atoms with Crippen LogP contribution in [-0.4, -0.2) is 41.5 Å². The van der Waals surface area contributed by atoms with Gasteiger partial charge in [-0.2, -0.15) is 0 Å². The summed E-state index contributed by atoms with van der Waals surface area (Å²) in [6, 6.07) is 5.02. The number of ether oxygens (including phenoxy) is 1. The average Bonchev–Trinajstić information content (AvgIpc) is 2.99. The van der Waals surface area contributed by atoms with E-state index in [1.807, 2.05) is 0 Å². The molecule has 2 heterocycles. The molecule has 1 aromatic carbocycles. The third kappa shape index (κ3) is 2.47. The molecule has 1 aromatic rings. The quantitative estimate of drug-likeness (QED) is 0.834. The summed E-state index contributed by atoms with van der Waals surface area (Å²) < 4.78 is 6.17. The highest BCUT2D eigenvalue weighted by atomic mass is 79.9. The Kier molecular flexibility index (Phi) is 3.54. The number of carbonyl (C=O) groups excluding carboxylic acids is 2. The van der Waals surface area contributed by atoms with Crippen molar-refractivity contribution in [1.82, 2.24) is 0 Å². The molecule has 2 unspecified atom stereocenters. The third-order valence-electron chi connectivity index (χ3n) is 3.70. The number of carbonyl (C=O) groups is 3. The fourth-order valence-corrected chi connectivity index (χ4v) is 3.02. The molecule has 1 N–H and O–H groups in total. The molecule has 7 heteroatoms. The lowest BCUT2D eigenvalue weighted by molar-refractivity contribution is -0.149. The maximum Gasteiger partial charge on any atom is 0.332 e. The highest BCUT2D eigenvalue weighted by Gasteiger charge is 2.39. The number of nitrogens with zero attached hydrogens (tertiary/aromatic N) is 1. The van der Waals surface area contributed by atoms with Crippen molar-refractivity contribution < 1.29 is 24.2 Å². The highest BCUT2D eigenvalue weighted by molar-refractivity contribution is 9.10. The van der Waals surface area contributed by atoms with E-state index in [0.717, 1.165) is 4.47 Å². The number of aliphatic carboxylic acids is 1. The van der Waals surface area contributed by atoms with Gasteiger partial charge < -0.3 is 14.7 Å². The monoisotopic (exact) mass is 353 g/mol. The van der Waals surface area contributed by atoms with E-state index >= 15 is 0 Å². The van der Waals surface area contributed by atoms with E-state index < -0.39 is 23.8 Å². The minimum Gasteiger partial charge on any atom is -0.479 e. The van der Waals surface area contributed by atoms with E-state index in [1.54, 1.807) is 18.2 Å². The maximum atomic E-state index is 12.1. The number of ketones is 1. The number of benzene rings is 1. The van der Waals surface area contributed by atoms with Crippen molar-refractivity contribution in [2.45, 2.75) is 25.0 Å². The number of hydrogen-bond acceptors (Lipinski definition) is 4. The first-order valence-corrected chi connectivity index (χ1v) is 7.30. The Hall–Kier alpha value is -1.73. The van der Waals surface area contributed by atoms with E-state index in [0.29, 0.717) is 24.1 Å². The summed E-state index contributed by atoms with van der Waals surface area (Å²) in [5, 5.41) is 8.91. The van der Waals surface area contributed by atoms with Gasteiger partial charge in [-0.3, -0.25) is 9.59 Å². The van der Waals surface area contributed by atoms with E-state index in [1.165, 1.54) is 4.90 Å². The molecule has 21 heavy (non-hydrogen) atoms. The third-order valence-corrected chi connectivity index (χ3v) is 4.20. The normalized spacial score (nSPS) is 24.5. The highest BCUT2D eigenvalue weighted by Crippen LogP contribution is 2.33. The van der Waals surface area contributed by atoms with E-state index in [4.69, 9.17) is 9.84 Å². The van der Waals surface area contributed by atoms with Crippen molar-refractivity contribution in [3.63, 3.8) is 0 Å². The second-order valence-electron chi connectivity index (χ2n) is 5.07. The van der Waals surface area contributed by atoms with Crippen molar-refractivity contribution >= 4 is 39.3 Å². The zero-order valence-electron chi connectivity index (χ0n) is 10.9. The topological polar surface area (TPSA) is 83.9 Å². The van der Waals surface area contributed by atoms with Crippen LogP contribution in [0.5, 0.6) is 0 Å².